The molecule has 0 saturated carbocycles. The Kier molecular flexibility index (Phi) is 27.0. The van der Waals surface area contributed by atoms with Crippen LogP contribution in [0.4, 0.5) is 0 Å². The van der Waals surface area contributed by atoms with E-state index in [0.29, 0.717) is 36.6 Å². The number of unbranched alkanes of at least 4 members (excludes halogenated alkanes) is 22. The lowest BCUT2D eigenvalue weighted by atomic mass is 10.1. The number of ether oxygens (including phenoxy) is 1. The standard InChI is InChI=1S/C39H70N2O3/c1-4-7-10-13-15-17-19-21-23-26-31-40-38(42)35-29-30-36(37(34-35)44-33-28-25-12-9-6-3)39(43)41-32-27-24-22-20-18-16-14-11-8-5-2/h29-30,34H,4-28,31-33H2,1-3H3,(H,40,42)(H,41,43). The Morgan fingerprint density at radius 2 is 0.886 bits per heavy atom. The molecule has 0 atom stereocenters. The number of nitrogens with one attached hydrogen (secondary N) is 2. The zero-order valence-corrected chi connectivity index (χ0v) is 29.3. The Labute approximate surface area is 272 Å². The van der Waals surface area contributed by atoms with E-state index in [0.717, 1.165) is 38.5 Å². The van der Waals surface area contributed by atoms with Gasteiger partial charge in [0.15, 0.2) is 0 Å². The Balaban J connectivity index is 2.46. The molecular formula is C39H70N2O3. The van der Waals surface area contributed by atoms with E-state index in [1.54, 1.807) is 18.2 Å². The van der Waals surface area contributed by atoms with Gasteiger partial charge in [-0.25, -0.2) is 0 Å². The minimum Gasteiger partial charge on any atom is -0.493 e. The fourth-order valence-electron chi connectivity index (χ4n) is 5.68. The van der Waals surface area contributed by atoms with Gasteiger partial charge < -0.3 is 15.4 Å². The van der Waals surface area contributed by atoms with Gasteiger partial charge in [0.1, 0.15) is 5.75 Å². The van der Waals surface area contributed by atoms with E-state index in [2.05, 4.69) is 31.4 Å². The highest BCUT2D eigenvalue weighted by molar-refractivity contribution is 6.00. The van der Waals surface area contributed by atoms with Gasteiger partial charge in [-0.1, -0.05) is 162 Å². The molecule has 0 fully saturated rings. The van der Waals surface area contributed by atoms with Crippen LogP contribution in [0.25, 0.3) is 0 Å². The van der Waals surface area contributed by atoms with Crippen LogP contribution in [-0.2, 0) is 0 Å². The van der Waals surface area contributed by atoms with Crippen molar-refractivity contribution in [3.63, 3.8) is 0 Å². The van der Waals surface area contributed by atoms with E-state index in [1.807, 2.05) is 0 Å². The van der Waals surface area contributed by atoms with Crippen LogP contribution in [0.3, 0.4) is 0 Å². The normalized spacial score (nSPS) is 11.1. The van der Waals surface area contributed by atoms with E-state index in [1.165, 1.54) is 122 Å². The molecule has 0 spiro atoms. The van der Waals surface area contributed by atoms with Crippen LogP contribution in [0.1, 0.15) is 202 Å². The molecule has 2 N–H and O–H groups in total. The molecule has 0 aliphatic rings. The van der Waals surface area contributed by atoms with Crippen LogP contribution >= 0.6 is 0 Å². The van der Waals surface area contributed by atoms with Crippen LogP contribution in [0, 0.1) is 0 Å². The first-order valence-electron chi connectivity index (χ1n) is 19.0. The van der Waals surface area contributed by atoms with Crippen molar-refractivity contribution in [1.82, 2.24) is 10.6 Å². The Morgan fingerprint density at radius 3 is 1.34 bits per heavy atom. The number of carbonyl (C=O) groups is 2. The van der Waals surface area contributed by atoms with Gasteiger partial charge in [-0.15, -0.1) is 0 Å². The van der Waals surface area contributed by atoms with Gasteiger partial charge in [0.05, 0.1) is 12.2 Å². The summed E-state index contributed by atoms with van der Waals surface area (Å²) in [6.07, 6.45) is 31.3. The summed E-state index contributed by atoms with van der Waals surface area (Å²) in [6, 6.07) is 5.28. The summed E-state index contributed by atoms with van der Waals surface area (Å²) in [4.78, 5) is 26.0. The second-order valence-electron chi connectivity index (χ2n) is 12.8. The molecule has 0 aliphatic carbocycles. The van der Waals surface area contributed by atoms with Gasteiger partial charge >= 0.3 is 0 Å². The molecule has 0 aliphatic heterocycles. The van der Waals surface area contributed by atoms with Crippen molar-refractivity contribution in [3.8, 4) is 5.75 Å². The summed E-state index contributed by atoms with van der Waals surface area (Å²) in [5.41, 5.74) is 1.08. The largest absolute Gasteiger partial charge is 0.493 e. The third-order valence-corrected chi connectivity index (χ3v) is 8.63. The van der Waals surface area contributed by atoms with Gasteiger partial charge in [0.2, 0.25) is 0 Å². The summed E-state index contributed by atoms with van der Waals surface area (Å²) < 4.78 is 6.11. The maximum atomic E-state index is 13.1. The maximum absolute atomic E-state index is 13.1. The molecule has 44 heavy (non-hydrogen) atoms. The molecule has 1 aromatic carbocycles. The van der Waals surface area contributed by atoms with Crippen LogP contribution in [0.15, 0.2) is 18.2 Å². The lowest BCUT2D eigenvalue weighted by Crippen LogP contribution is -2.26. The number of hydrogen-bond acceptors (Lipinski definition) is 3. The smallest absolute Gasteiger partial charge is 0.255 e. The number of amides is 2. The molecule has 0 saturated heterocycles. The van der Waals surface area contributed by atoms with Crippen LogP contribution in [0.2, 0.25) is 0 Å². The predicted molar refractivity (Wildman–Crippen MR) is 189 cm³/mol. The lowest BCUT2D eigenvalue weighted by Gasteiger charge is -2.14. The summed E-state index contributed by atoms with van der Waals surface area (Å²) >= 11 is 0. The highest BCUT2D eigenvalue weighted by Crippen LogP contribution is 2.22. The SMILES string of the molecule is CCCCCCCCCCCCNC(=O)c1ccc(C(=O)NCCCCCCCCCCCC)c(OCCCCCCC)c1. The molecule has 0 heterocycles. The second kappa shape index (κ2) is 29.7. The Bertz CT molecular complexity index is 826. The third-order valence-electron chi connectivity index (χ3n) is 8.63. The first kappa shape index (κ1) is 40.0. The Hall–Kier alpha value is -2.04. The van der Waals surface area contributed by atoms with Gasteiger partial charge in [-0.2, -0.15) is 0 Å². The minimum atomic E-state index is -0.112. The van der Waals surface area contributed by atoms with E-state index in [-0.39, 0.29) is 11.8 Å². The van der Waals surface area contributed by atoms with Gasteiger partial charge in [0.25, 0.3) is 11.8 Å². The van der Waals surface area contributed by atoms with Crippen molar-refractivity contribution in [2.45, 2.75) is 181 Å². The highest BCUT2D eigenvalue weighted by atomic mass is 16.5. The maximum Gasteiger partial charge on any atom is 0.255 e. The number of carbonyl (C=O) groups excluding carboxylic acids is 2. The monoisotopic (exact) mass is 615 g/mol. The molecule has 5 heteroatoms. The summed E-state index contributed by atoms with van der Waals surface area (Å²) in [5.74, 6) is 0.318. The van der Waals surface area contributed by atoms with Crippen LogP contribution < -0.4 is 15.4 Å². The summed E-state index contributed by atoms with van der Waals surface area (Å²) in [5, 5.41) is 6.16. The molecule has 0 bridgehead atoms. The lowest BCUT2D eigenvalue weighted by molar-refractivity contribution is 0.0937. The number of hydrogen-bond donors (Lipinski definition) is 2. The minimum absolute atomic E-state index is 0.0916. The molecule has 2 amide bonds. The molecule has 5 nitrogen and oxygen atoms in total. The van der Waals surface area contributed by atoms with Gasteiger partial charge in [0, 0.05) is 18.7 Å². The quantitative estimate of drug-likeness (QED) is 0.0818. The van der Waals surface area contributed by atoms with Crippen molar-refractivity contribution >= 4 is 11.8 Å². The molecule has 0 aromatic heterocycles. The van der Waals surface area contributed by atoms with E-state index >= 15 is 0 Å². The average molecular weight is 615 g/mol. The Morgan fingerprint density at radius 1 is 0.500 bits per heavy atom. The van der Waals surface area contributed by atoms with E-state index < -0.39 is 0 Å². The molecule has 1 aromatic rings. The van der Waals surface area contributed by atoms with Crippen LogP contribution in [-0.4, -0.2) is 31.5 Å². The van der Waals surface area contributed by atoms with E-state index in [4.69, 9.17) is 4.74 Å². The fourth-order valence-corrected chi connectivity index (χ4v) is 5.68. The van der Waals surface area contributed by atoms with Gasteiger partial charge in [-0.05, 0) is 37.5 Å². The molecule has 254 valence electrons. The molecular weight excluding hydrogens is 544 g/mol. The first-order valence-corrected chi connectivity index (χ1v) is 19.0. The van der Waals surface area contributed by atoms with E-state index in [9.17, 15) is 9.59 Å². The number of rotatable bonds is 31. The van der Waals surface area contributed by atoms with Crippen LogP contribution in [0.5, 0.6) is 5.75 Å². The molecule has 1 rings (SSSR count). The zero-order valence-electron chi connectivity index (χ0n) is 29.3. The van der Waals surface area contributed by atoms with Crippen molar-refractivity contribution < 1.29 is 14.3 Å². The van der Waals surface area contributed by atoms with Crippen molar-refractivity contribution in [2.24, 2.45) is 0 Å². The molecule has 0 radical (unpaired) electrons. The van der Waals surface area contributed by atoms with Crippen molar-refractivity contribution in [1.29, 1.82) is 0 Å². The summed E-state index contributed by atoms with van der Waals surface area (Å²) in [6.45, 7) is 8.65. The molecule has 0 unspecified atom stereocenters. The highest BCUT2D eigenvalue weighted by Gasteiger charge is 2.16. The number of benzene rings is 1. The predicted octanol–water partition coefficient (Wildman–Crippen LogP) is 11.3. The summed E-state index contributed by atoms with van der Waals surface area (Å²) in [7, 11) is 0. The van der Waals surface area contributed by atoms with Gasteiger partial charge in [-0.3, -0.25) is 9.59 Å². The topological polar surface area (TPSA) is 67.4 Å². The first-order chi connectivity index (χ1) is 21.6. The third kappa shape index (κ3) is 21.6. The zero-order chi connectivity index (χ0) is 31.9. The average Bonchev–Trinajstić information content (AvgIpc) is 3.03. The van der Waals surface area contributed by atoms with Crippen molar-refractivity contribution in [3.05, 3.63) is 29.3 Å². The van der Waals surface area contributed by atoms with Crippen molar-refractivity contribution in [2.75, 3.05) is 19.7 Å². The fraction of sp³-hybridized carbons (Fsp3) is 0.795. The second-order valence-corrected chi connectivity index (χ2v) is 12.8.